The SMILES string of the molecule is CC[C@H](NCCC1(O)CCC2(CC1)COC(C)(C)OC2)c1ccccc1. The van der Waals surface area contributed by atoms with Crippen LogP contribution < -0.4 is 5.32 Å². The van der Waals surface area contributed by atoms with Crippen molar-refractivity contribution < 1.29 is 14.6 Å². The van der Waals surface area contributed by atoms with Gasteiger partial charge in [-0.1, -0.05) is 37.3 Å². The molecule has 0 amide bonds. The third kappa shape index (κ3) is 4.86. The van der Waals surface area contributed by atoms with Crippen LogP contribution in [0.5, 0.6) is 0 Å². The van der Waals surface area contributed by atoms with Crippen molar-refractivity contribution in [2.24, 2.45) is 5.41 Å². The van der Waals surface area contributed by atoms with Gasteiger partial charge in [0.2, 0.25) is 0 Å². The third-order valence-corrected chi connectivity index (χ3v) is 6.28. The summed E-state index contributed by atoms with van der Waals surface area (Å²) in [6, 6.07) is 10.9. The minimum Gasteiger partial charge on any atom is -0.390 e. The predicted octanol–water partition coefficient (Wildman–Crippen LogP) is 4.19. The van der Waals surface area contributed by atoms with Crippen molar-refractivity contribution in [2.45, 2.75) is 76.7 Å². The molecular weight excluding hydrogens is 326 g/mol. The Labute approximate surface area is 158 Å². The van der Waals surface area contributed by atoms with E-state index in [1.54, 1.807) is 0 Å². The molecule has 1 aromatic carbocycles. The number of rotatable bonds is 6. The van der Waals surface area contributed by atoms with Crippen molar-refractivity contribution in [3.05, 3.63) is 35.9 Å². The van der Waals surface area contributed by atoms with Crippen LogP contribution in [0.4, 0.5) is 0 Å². The van der Waals surface area contributed by atoms with Crippen LogP contribution in [0.25, 0.3) is 0 Å². The number of nitrogens with one attached hydrogen (secondary N) is 1. The lowest BCUT2D eigenvalue weighted by atomic mass is 9.68. The molecule has 26 heavy (non-hydrogen) atoms. The zero-order valence-electron chi connectivity index (χ0n) is 16.6. The van der Waals surface area contributed by atoms with Gasteiger partial charge >= 0.3 is 0 Å². The van der Waals surface area contributed by atoms with Gasteiger partial charge in [0.05, 0.1) is 18.8 Å². The Balaban J connectivity index is 1.46. The molecule has 1 aliphatic heterocycles. The van der Waals surface area contributed by atoms with E-state index in [0.29, 0.717) is 6.04 Å². The van der Waals surface area contributed by atoms with Gasteiger partial charge in [-0.15, -0.1) is 0 Å². The Kier molecular flexibility index (Phi) is 6.07. The molecule has 1 aromatic rings. The third-order valence-electron chi connectivity index (χ3n) is 6.28. The zero-order chi connectivity index (χ0) is 18.7. The van der Waals surface area contributed by atoms with Crippen LogP contribution >= 0.6 is 0 Å². The van der Waals surface area contributed by atoms with Crippen LogP contribution in [0.2, 0.25) is 0 Å². The molecule has 1 atom stereocenters. The van der Waals surface area contributed by atoms with Gasteiger partial charge in [-0.2, -0.15) is 0 Å². The average Bonchev–Trinajstić information content (AvgIpc) is 2.65. The molecule has 1 saturated heterocycles. The topological polar surface area (TPSA) is 50.7 Å². The highest BCUT2D eigenvalue weighted by atomic mass is 16.7. The molecule has 0 radical (unpaired) electrons. The summed E-state index contributed by atoms with van der Waals surface area (Å²) in [6.45, 7) is 8.49. The fourth-order valence-corrected chi connectivity index (χ4v) is 4.18. The lowest BCUT2D eigenvalue weighted by Gasteiger charge is -2.49. The first-order valence-electron chi connectivity index (χ1n) is 10.1. The normalized spacial score (nSPS) is 25.1. The molecular formula is C22H35NO3. The van der Waals surface area contributed by atoms with E-state index in [4.69, 9.17) is 9.47 Å². The second kappa shape index (κ2) is 7.97. The van der Waals surface area contributed by atoms with Crippen molar-refractivity contribution in [3.63, 3.8) is 0 Å². The fraction of sp³-hybridized carbons (Fsp3) is 0.727. The second-order valence-electron chi connectivity index (χ2n) is 8.78. The molecule has 2 N–H and O–H groups in total. The van der Waals surface area contributed by atoms with E-state index in [0.717, 1.165) is 58.3 Å². The Bertz CT molecular complexity index is 552. The first-order chi connectivity index (χ1) is 12.4. The van der Waals surface area contributed by atoms with Gasteiger partial charge in [0.15, 0.2) is 5.79 Å². The van der Waals surface area contributed by atoms with Crippen LogP contribution in [-0.4, -0.2) is 36.3 Å². The van der Waals surface area contributed by atoms with Crippen LogP contribution in [0.3, 0.4) is 0 Å². The van der Waals surface area contributed by atoms with E-state index in [9.17, 15) is 5.11 Å². The molecule has 1 heterocycles. The minimum absolute atomic E-state index is 0.102. The van der Waals surface area contributed by atoms with Crippen molar-refractivity contribution in [2.75, 3.05) is 19.8 Å². The first kappa shape index (κ1) is 19.8. The largest absolute Gasteiger partial charge is 0.390 e. The maximum atomic E-state index is 11.0. The second-order valence-corrected chi connectivity index (χ2v) is 8.78. The van der Waals surface area contributed by atoms with Gasteiger partial charge in [-0.25, -0.2) is 0 Å². The Morgan fingerprint density at radius 3 is 2.23 bits per heavy atom. The lowest BCUT2D eigenvalue weighted by Crippen LogP contribution is -2.51. The summed E-state index contributed by atoms with van der Waals surface area (Å²) < 4.78 is 11.8. The van der Waals surface area contributed by atoms with E-state index in [2.05, 4.69) is 42.6 Å². The molecule has 146 valence electrons. The molecule has 2 aliphatic rings. The summed E-state index contributed by atoms with van der Waals surface area (Å²) in [7, 11) is 0. The summed E-state index contributed by atoms with van der Waals surface area (Å²) in [6.07, 6.45) is 5.49. The number of hydrogen-bond acceptors (Lipinski definition) is 4. The molecule has 1 saturated carbocycles. The molecule has 4 nitrogen and oxygen atoms in total. The molecule has 1 aliphatic carbocycles. The Morgan fingerprint density at radius 1 is 1.04 bits per heavy atom. The standard InChI is InChI=1S/C22H35NO3/c1-4-19(18-8-6-5-7-9-18)23-15-14-22(24)12-10-21(11-13-22)16-25-20(2,3)26-17-21/h5-9,19,23-24H,4,10-17H2,1-3H3/t19-/m0/s1. The van der Waals surface area contributed by atoms with Crippen molar-refractivity contribution in [3.8, 4) is 0 Å². The van der Waals surface area contributed by atoms with E-state index < -0.39 is 11.4 Å². The van der Waals surface area contributed by atoms with Crippen LogP contribution in [0, 0.1) is 5.41 Å². The highest BCUT2D eigenvalue weighted by Crippen LogP contribution is 2.45. The van der Waals surface area contributed by atoms with Crippen molar-refractivity contribution in [1.29, 1.82) is 0 Å². The van der Waals surface area contributed by atoms with Gasteiger partial charge < -0.3 is 19.9 Å². The quantitative estimate of drug-likeness (QED) is 0.798. The number of hydrogen-bond donors (Lipinski definition) is 2. The van der Waals surface area contributed by atoms with Gasteiger partial charge in [-0.3, -0.25) is 0 Å². The van der Waals surface area contributed by atoms with E-state index in [1.807, 2.05) is 13.8 Å². The van der Waals surface area contributed by atoms with E-state index in [1.165, 1.54) is 5.56 Å². The Hall–Kier alpha value is -0.940. The predicted molar refractivity (Wildman–Crippen MR) is 104 cm³/mol. The number of ether oxygens (including phenoxy) is 2. The lowest BCUT2D eigenvalue weighted by molar-refractivity contribution is -0.293. The highest BCUT2D eigenvalue weighted by molar-refractivity contribution is 5.18. The van der Waals surface area contributed by atoms with Gasteiger partial charge in [0.1, 0.15) is 0 Å². The van der Waals surface area contributed by atoms with Crippen molar-refractivity contribution in [1.82, 2.24) is 5.32 Å². The monoisotopic (exact) mass is 361 g/mol. The Morgan fingerprint density at radius 2 is 1.65 bits per heavy atom. The van der Waals surface area contributed by atoms with Crippen molar-refractivity contribution >= 4 is 0 Å². The summed E-state index contributed by atoms with van der Waals surface area (Å²) in [5.74, 6) is -0.463. The zero-order valence-corrected chi connectivity index (χ0v) is 16.6. The highest BCUT2D eigenvalue weighted by Gasteiger charge is 2.46. The molecule has 4 heteroatoms. The maximum absolute atomic E-state index is 11.0. The number of aliphatic hydroxyl groups is 1. The van der Waals surface area contributed by atoms with E-state index >= 15 is 0 Å². The smallest absolute Gasteiger partial charge is 0.162 e. The summed E-state index contributed by atoms with van der Waals surface area (Å²) in [4.78, 5) is 0. The summed E-state index contributed by atoms with van der Waals surface area (Å²) in [5, 5.41) is 14.7. The molecule has 0 bridgehead atoms. The average molecular weight is 362 g/mol. The summed E-state index contributed by atoms with van der Waals surface area (Å²) in [5.41, 5.74) is 0.870. The molecule has 1 spiro atoms. The van der Waals surface area contributed by atoms with Gasteiger partial charge in [0.25, 0.3) is 0 Å². The van der Waals surface area contributed by atoms with Gasteiger partial charge in [0, 0.05) is 11.5 Å². The van der Waals surface area contributed by atoms with Crippen LogP contribution in [0.1, 0.15) is 70.9 Å². The molecule has 0 unspecified atom stereocenters. The van der Waals surface area contributed by atoms with Crippen LogP contribution in [-0.2, 0) is 9.47 Å². The van der Waals surface area contributed by atoms with Gasteiger partial charge in [-0.05, 0) is 64.5 Å². The fourth-order valence-electron chi connectivity index (χ4n) is 4.18. The minimum atomic E-state index is -0.555. The summed E-state index contributed by atoms with van der Waals surface area (Å²) >= 11 is 0. The molecule has 2 fully saturated rings. The van der Waals surface area contributed by atoms with E-state index in [-0.39, 0.29) is 5.41 Å². The molecule has 0 aromatic heterocycles. The maximum Gasteiger partial charge on any atom is 0.162 e. The van der Waals surface area contributed by atoms with Crippen LogP contribution in [0.15, 0.2) is 30.3 Å². The first-order valence-corrected chi connectivity index (χ1v) is 10.1. The molecule has 3 rings (SSSR count). The number of benzene rings is 1.